The monoisotopic (exact) mass is 351 g/mol. The summed E-state index contributed by atoms with van der Waals surface area (Å²) in [6, 6.07) is 4.32. The third kappa shape index (κ3) is 6.79. The van der Waals surface area contributed by atoms with Gasteiger partial charge in [0.25, 0.3) is 0 Å². The fourth-order valence-corrected chi connectivity index (χ4v) is 3.76. The van der Waals surface area contributed by atoms with Crippen LogP contribution in [-0.2, 0) is 0 Å². The van der Waals surface area contributed by atoms with Crippen LogP contribution in [0, 0.1) is 0 Å². The van der Waals surface area contributed by atoms with E-state index in [1.165, 1.54) is 44.0 Å². The molecule has 136 valence electrons. The molecule has 0 aliphatic carbocycles. The van der Waals surface area contributed by atoms with E-state index in [1.807, 2.05) is 18.4 Å². The van der Waals surface area contributed by atoms with Crippen molar-refractivity contribution in [1.82, 2.24) is 20.4 Å². The zero-order chi connectivity index (χ0) is 17.2. The molecule has 1 unspecified atom stereocenters. The van der Waals surface area contributed by atoms with E-state index in [0.29, 0.717) is 5.92 Å². The number of likely N-dealkylation sites (N-methyl/N-ethyl adjacent to an activating group) is 1. The summed E-state index contributed by atoms with van der Waals surface area (Å²) in [6.07, 6.45) is 2.44. The van der Waals surface area contributed by atoms with E-state index >= 15 is 0 Å². The van der Waals surface area contributed by atoms with E-state index in [1.54, 1.807) is 0 Å². The van der Waals surface area contributed by atoms with Crippen LogP contribution in [0.2, 0.25) is 0 Å². The molecule has 6 heteroatoms. The molecule has 5 nitrogen and oxygen atoms in total. The summed E-state index contributed by atoms with van der Waals surface area (Å²) in [5.74, 6) is 1.42. The van der Waals surface area contributed by atoms with Crippen LogP contribution in [0.3, 0.4) is 0 Å². The van der Waals surface area contributed by atoms with Gasteiger partial charge in [-0.05, 0) is 51.0 Å². The smallest absolute Gasteiger partial charge is 0.190 e. The molecule has 1 aliphatic heterocycles. The van der Waals surface area contributed by atoms with E-state index in [0.717, 1.165) is 25.5 Å². The molecule has 2 N–H and O–H groups in total. The second kappa shape index (κ2) is 10.7. The van der Waals surface area contributed by atoms with Gasteiger partial charge >= 0.3 is 0 Å². The molecule has 0 amide bonds. The Bertz CT molecular complexity index is 474. The van der Waals surface area contributed by atoms with Crippen molar-refractivity contribution in [2.24, 2.45) is 4.99 Å². The number of hydrogen-bond donors (Lipinski definition) is 2. The summed E-state index contributed by atoms with van der Waals surface area (Å²) < 4.78 is 0. The van der Waals surface area contributed by atoms with Gasteiger partial charge in [-0.15, -0.1) is 11.3 Å². The maximum Gasteiger partial charge on any atom is 0.190 e. The number of hydrogen-bond acceptors (Lipinski definition) is 4. The standard InChI is InChI=1S/C18H33N5S/c1-16(17-7-4-14-24-17)15-21-18(19-2)20-8-5-10-23-11-6-9-22(3)12-13-23/h4,7,14,16H,5-6,8-13,15H2,1-3H3,(H2,19,20,21). The Morgan fingerprint density at radius 3 is 2.92 bits per heavy atom. The van der Waals surface area contributed by atoms with Gasteiger partial charge in [-0.2, -0.15) is 0 Å². The molecule has 1 fully saturated rings. The molecule has 1 aromatic heterocycles. The van der Waals surface area contributed by atoms with Crippen molar-refractivity contribution in [3.05, 3.63) is 22.4 Å². The van der Waals surface area contributed by atoms with E-state index in [2.05, 4.69) is 56.9 Å². The minimum atomic E-state index is 0.512. The van der Waals surface area contributed by atoms with Crippen LogP contribution in [0.1, 0.15) is 30.6 Å². The lowest BCUT2D eigenvalue weighted by Gasteiger charge is -2.20. The molecule has 0 aromatic carbocycles. The molecule has 24 heavy (non-hydrogen) atoms. The van der Waals surface area contributed by atoms with Crippen LogP contribution < -0.4 is 10.6 Å². The molecule has 1 aromatic rings. The van der Waals surface area contributed by atoms with Gasteiger partial charge in [0.2, 0.25) is 0 Å². The van der Waals surface area contributed by atoms with Crippen LogP contribution in [0.4, 0.5) is 0 Å². The van der Waals surface area contributed by atoms with Gasteiger partial charge in [0.05, 0.1) is 0 Å². The molecular weight excluding hydrogens is 318 g/mol. The minimum Gasteiger partial charge on any atom is -0.356 e. The van der Waals surface area contributed by atoms with Gasteiger partial charge in [0, 0.05) is 44.0 Å². The first-order valence-electron chi connectivity index (χ1n) is 9.08. The lowest BCUT2D eigenvalue weighted by atomic mass is 10.1. The number of rotatable bonds is 7. The average molecular weight is 352 g/mol. The van der Waals surface area contributed by atoms with Crippen molar-refractivity contribution in [2.75, 3.05) is 59.9 Å². The van der Waals surface area contributed by atoms with E-state index in [4.69, 9.17) is 0 Å². The Balaban J connectivity index is 1.59. The van der Waals surface area contributed by atoms with Gasteiger partial charge in [0.15, 0.2) is 5.96 Å². The number of nitrogens with zero attached hydrogens (tertiary/aromatic N) is 3. The largest absolute Gasteiger partial charge is 0.356 e. The number of nitrogens with one attached hydrogen (secondary N) is 2. The van der Waals surface area contributed by atoms with Crippen molar-refractivity contribution < 1.29 is 0 Å². The predicted molar refractivity (Wildman–Crippen MR) is 105 cm³/mol. The number of guanidine groups is 1. The first kappa shape index (κ1) is 19.2. The lowest BCUT2D eigenvalue weighted by Crippen LogP contribution is -2.40. The van der Waals surface area contributed by atoms with Crippen molar-refractivity contribution in [3.63, 3.8) is 0 Å². The summed E-state index contributed by atoms with van der Waals surface area (Å²) in [7, 11) is 4.06. The maximum absolute atomic E-state index is 4.33. The Morgan fingerprint density at radius 2 is 2.17 bits per heavy atom. The molecule has 2 rings (SSSR count). The quantitative estimate of drug-likeness (QED) is 0.448. The molecule has 0 saturated carbocycles. The van der Waals surface area contributed by atoms with E-state index < -0.39 is 0 Å². The molecule has 1 atom stereocenters. The van der Waals surface area contributed by atoms with Gasteiger partial charge in [-0.1, -0.05) is 13.0 Å². The van der Waals surface area contributed by atoms with Crippen LogP contribution in [0.15, 0.2) is 22.5 Å². The molecule has 0 spiro atoms. The highest BCUT2D eigenvalue weighted by Crippen LogP contribution is 2.19. The van der Waals surface area contributed by atoms with Crippen molar-refractivity contribution in [1.29, 1.82) is 0 Å². The van der Waals surface area contributed by atoms with Crippen molar-refractivity contribution in [3.8, 4) is 0 Å². The number of thiophene rings is 1. The SMILES string of the molecule is CN=C(NCCCN1CCCN(C)CC1)NCC(C)c1cccs1. The van der Waals surface area contributed by atoms with Crippen molar-refractivity contribution >= 4 is 17.3 Å². The minimum absolute atomic E-state index is 0.512. The number of aliphatic imine (C=N–C) groups is 1. The molecule has 0 bridgehead atoms. The van der Waals surface area contributed by atoms with Gasteiger partial charge < -0.3 is 20.4 Å². The highest BCUT2D eigenvalue weighted by Gasteiger charge is 2.11. The summed E-state index contributed by atoms with van der Waals surface area (Å²) in [4.78, 5) is 10.8. The molecule has 0 radical (unpaired) electrons. The molecule has 2 heterocycles. The first-order valence-corrected chi connectivity index (χ1v) is 9.96. The van der Waals surface area contributed by atoms with Crippen LogP contribution in [-0.4, -0.2) is 75.7 Å². The van der Waals surface area contributed by atoms with Gasteiger partial charge in [-0.3, -0.25) is 4.99 Å². The topological polar surface area (TPSA) is 42.9 Å². The zero-order valence-electron chi connectivity index (χ0n) is 15.4. The second-order valence-electron chi connectivity index (χ2n) is 6.65. The van der Waals surface area contributed by atoms with E-state index in [-0.39, 0.29) is 0 Å². The normalized spacial score (nSPS) is 19.0. The Kier molecular flexibility index (Phi) is 8.56. The predicted octanol–water partition coefficient (Wildman–Crippen LogP) is 2.04. The third-order valence-electron chi connectivity index (χ3n) is 4.58. The average Bonchev–Trinajstić information content (AvgIpc) is 3.05. The van der Waals surface area contributed by atoms with E-state index in [9.17, 15) is 0 Å². The molecule has 1 aliphatic rings. The van der Waals surface area contributed by atoms with Crippen LogP contribution >= 0.6 is 11.3 Å². The fourth-order valence-electron chi connectivity index (χ4n) is 2.98. The molecular formula is C18H33N5S. The lowest BCUT2D eigenvalue weighted by molar-refractivity contribution is 0.274. The first-order chi connectivity index (χ1) is 11.7. The van der Waals surface area contributed by atoms with Crippen LogP contribution in [0.25, 0.3) is 0 Å². The highest BCUT2D eigenvalue weighted by atomic mass is 32.1. The second-order valence-corrected chi connectivity index (χ2v) is 7.63. The Hall–Kier alpha value is -1.11. The summed E-state index contributed by atoms with van der Waals surface area (Å²) in [5.41, 5.74) is 0. The maximum atomic E-state index is 4.33. The fraction of sp³-hybridized carbons (Fsp3) is 0.722. The zero-order valence-corrected chi connectivity index (χ0v) is 16.2. The van der Waals surface area contributed by atoms with Gasteiger partial charge in [0.1, 0.15) is 0 Å². The Morgan fingerprint density at radius 1 is 1.29 bits per heavy atom. The molecule has 1 saturated heterocycles. The highest BCUT2D eigenvalue weighted by molar-refractivity contribution is 7.10. The third-order valence-corrected chi connectivity index (χ3v) is 5.69. The summed E-state index contributed by atoms with van der Waals surface area (Å²) in [5, 5.41) is 9.01. The van der Waals surface area contributed by atoms with Crippen LogP contribution in [0.5, 0.6) is 0 Å². The summed E-state index contributed by atoms with van der Waals surface area (Å²) in [6.45, 7) is 10.2. The van der Waals surface area contributed by atoms with Gasteiger partial charge in [-0.25, -0.2) is 0 Å². The van der Waals surface area contributed by atoms with Crippen molar-refractivity contribution in [2.45, 2.75) is 25.7 Å². The summed E-state index contributed by atoms with van der Waals surface area (Å²) >= 11 is 1.82. The Labute approximate surface area is 151 Å².